The van der Waals surface area contributed by atoms with Crippen LogP contribution in [0.25, 0.3) is 0 Å². The van der Waals surface area contributed by atoms with Crippen molar-refractivity contribution in [2.24, 2.45) is 11.8 Å². The monoisotopic (exact) mass is 328 g/mol. The van der Waals surface area contributed by atoms with Crippen LogP contribution < -0.4 is 4.90 Å². The first-order valence-corrected chi connectivity index (χ1v) is 9.27. The minimum absolute atomic E-state index is 0.0379. The lowest BCUT2D eigenvalue weighted by atomic mass is 9.83. The van der Waals surface area contributed by atoms with Gasteiger partial charge in [-0.15, -0.1) is 0 Å². The molecular formula is C20H28N2O2. The Balaban J connectivity index is 1.60. The molecule has 0 bridgehead atoms. The Kier molecular flexibility index (Phi) is 5.22. The molecular weight excluding hydrogens is 300 g/mol. The van der Waals surface area contributed by atoms with E-state index in [9.17, 15) is 9.59 Å². The molecule has 1 heterocycles. The van der Waals surface area contributed by atoms with E-state index in [2.05, 4.69) is 6.07 Å². The third-order valence-corrected chi connectivity index (χ3v) is 5.51. The van der Waals surface area contributed by atoms with E-state index in [-0.39, 0.29) is 17.7 Å². The van der Waals surface area contributed by atoms with Crippen LogP contribution in [0.5, 0.6) is 0 Å². The summed E-state index contributed by atoms with van der Waals surface area (Å²) in [6, 6.07) is 8.12. The molecule has 0 aromatic heterocycles. The minimum atomic E-state index is 0.0379. The zero-order chi connectivity index (χ0) is 17.1. The first kappa shape index (κ1) is 17.0. The van der Waals surface area contributed by atoms with E-state index < -0.39 is 0 Å². The summed E-state index contributed by atoms with van der Waals surface area (Å²) in [5, 5.41) is 0. The molecule has 1 aromatic rings. The summed E-state index contributed by atoms with van der Waals surface area (Å²) in [7, 11) is 0. The fraction of sp³-hybridized carbons (Fsp3) is 0.600. The standard InChI is InChI=1S/C20H28N2O2/c1-3-22(18-9-4-6-15(2)14-18)20(24)17-10-12-21(13-11-17)19(23)16-7-5-8-16/h4,6,9,14,16-17H,3,5,7-8,10-13H2,1-2H3. The van der Waals surface area contributed by atoms with E-state index in [1.54, 1.807) is 0 Å². The lowest BCUT2D eigenvalue weighted by molar-refractivity contribution is -0.141. The van der Waals surface area contributed by atoms with Crippen molar-refractivity contribution in [2.75, 3.05) is 24.5 Å². The number of hydrogen-bond acceptors (Lipinski definition) is 2. The number of piperidine rings is 1. The third-order valence-electron chi connectivity index (χ3n) is 5.51. The Morgan fingerprint density at radius 3 is 2.38 bits per heavy atom. The van der Waals surface area contributed by atoms with Gasteiger partial charge in [0.15, 0.2) is 0 Å². The van der Waals surface area contributed by atoms with Crippen LogP contribution in [0.1, 0.15) is 44.6 Å². The Morgan fingerprint density at radius 2 is 1.83 bits per heavy atom. The van der Waals surface area contributed by atoms with Crippen molar-refractivity contribution in [3.8, 4) is 0 Å². The summed E-state index contributed by atoms with van der Waals surface area (Å²) in [5.74, 6) is 0.824. The van der Waals surface area contributed by atoms with E-state index in [1.165, 1.54) is 12.0 Å². The van der Waals surface area contributed by atoms with Crippen LogP contribution >= 0.6 is 0 Å². The fourth-order valence-electron chi connectivity index (χ4n) is 3.74. The maximum Gasteiger partial charge on any atom is 0.230 e. The normalized spacial score (nSPS) is 19.0. The molecule has 0 radical (unpaired) electrons. The average molecular weight is 328 g/mol. The molecule has 1 aliphatic heterocycles. The number of anilines is 1. The van der Waals surface area contributed by atoms with Gasteiger partial charge in [-0.1, -0.05) is 18.6 Å². The maximum atomic E-state index is 12.9. The fourth-order valence-corrected chi connectivity index (χ4v) is 3.74. The van der Waals surface area contributed by atoms with Gasteiger partial charge in [0.25, 0.3) is 0 Å². The first-order valence-electron chi connectivity index (χ1n) is 9.27. The van der Waals surface area contributed by atoms with Gasteiger partial charge in [-0.3, -0.25) is 9.59 Å². The summed E-state index contributed by atoms with van der Waals surface area (Å²) >= 11 is 0. The predicted octanol–water partition coefficient (Wildman–Crippen LogP) is 3.39. The number of aryl methyl sites for hydroxylation is 1. The second kappa shape index (κ2) is 7.37. The van der Waals surface area contributed by atoms with Crippen LogP contribution in [-0.4, -0.2) is 36.3 Å². The minimum Gasteiger partial charge on any atom is -0.342 e. The number of amides is 2. The average Bonchev–Trinajstić information content (AvgIpc) is 2.54. The Morgan fingerprint density at radius 1 is 1.12 bits per heavy atom. The zero-order valence-electron chi connectivity index (χ0n) is 14.8. The van der Waals surface area contributed by atoms with E-state index in [1.807, 2.05) is 41.8 Å². The highest BCUT2D eigenvalue weighted by atomic mass is 16.2. The predicted molar refractivity (Wildman–Crippen MR) is 95.9 cm³/mol. The molecule has 0 N–H and O–H groups in total. The highest BCUT2D eigenvalue weighted by Crippen LogP contribution is 2.30. The Labute approximate surface area is 144 Å². The summed E-state index contributed by atoms with van der Waals surface area (Å²) in [5.41, 5.74) is 2.15. The van der Waals surface area contributed by atoms with Gasteiger partial charge in [0.2, 0.25) is 11.8 Å². The van der Waals surface area contributed by atoms with Crippen LogP contribution in [0.2, 0.25) is 0 Å². The van der Waals surface area contributed by atoms with Crippen molar-refractivity contribution in [3.05, 3.63) is 29.8 Å². The largest absolute Gasteiger partial charge is 0.342 e. The lowest BCUT2D eigenvalue weighted by Crippen LogP contribution is -2.47. The lowest BCUT2D eigenvalue weighted by Gasteiger charge is -2.37. The molecule has 4 heteroatoms. The second-order valence-corrected chi connectivity index (χ2v) is 7.15. The van der Waals surface area contributed by atoms with Gasteiger partial charge in [-0.25, -0.2) is 0 Å². The summed E-state index contributed by atoms with van der Waals surface area (Å²) in [4.78, 5) is 29.2. The van der Waals surface area contributed by atoms with E-state index in [0.717, 1.165) is 44.5 Å². The van der Waals surface area contributed by atoms with E-state index in [4.69, 9.17) is 0 Å². The second-order valence-electron chi connectivity index (χ2n) is 7.15. The summed E-state index contributed by atoms with van der Waals surface area (Å²) in [6.45, 7) is 6.22. The molecule has 24 heavy (non-hydrogen) atoms. The van der Waals surface area contributed by atoms with Crippen molar-refractivity contribution in [3.63, 3.8) is 0 Å². The first-order chi connectivity index (χ1) is 11.6. The molecule has 4 nitrogen and oxygen atoms in total. The Hall–Kier alpha value is -1.84. The van der Waals surface area contributed by atoms with Gasteiger partial charge in [0.1, 0.15) is 0 Å². The van der Waals surface area contributed by atoms with Crippen LogP contribution in [0.4, 0.5) is 5.69 Å². The zero-order valence-corrected chi connectivity index (χ0v) is 14.8. The molecule has 2 fully saturated rings. The molecule has 3 rings (SSSR count). The van der Waals surface area contributed by atoms with Gasteiger partial charge in [-0.2, -0.15) is 0 Å². The van der Waals surface area contributed by atoms with Crippen LogP contribution in [-0.2, 0) is 9.59 Å². The van der Waals surface area contributed by atoms with Crippen LogP contribution in [0, 0.1) is 18.8 Å². The topological polar surface area (TPSA) is 40.6 Å². The summed E-state index contributed by atoms with van der Waals surface area (Å²) in [6.07, 6.45) is 4.87. The van der Waals surface area contributed by atoms with Crippen LogP contribution in [0.15, 0.2) is 24.3 Å². The van der Waals surface area contributed by atoms with Gasteiger partial charge in [-0.05, 0) is 57.2 Å². The molecule has 0 atom stereocenters. The van der Waals surface area contributed by atoms with Crippen molar-refractivity contribution < 1.29 is 9.59 Å². The smallest absolute Gasteiger partial charge is 0.230 e. The van der Waals surface area contributed by atoms with E-state index >= 15 is 0 Å². The summed E-state index contributed by atoms with van der Waals surface area (Å²) < 4.78 is 0. The quantitative estimate of drug-likeness (QED) is 0.850. The molecule has 2 aliphatic rings. The van der Waals surface area contributed by atoms with E-state index in [0.29, 0.717) is 12.5 Å². The number of nitrogens with zero attached hydrogens (tertiary/aromatic N) is 2. The third kappa shape index (κ3) is 3.47. The SMILES string of the molecule is CCN(C(=O)C1CCN(C(=O)C2CCC2)CC1)c1cccc(C)c1. The Bertz CT molecular complexity index is 601. The maximum absolute atomic E-state index is 12.9. The van der Waals surface area contributed by atoms with Gasteiger partial charge in [0.05, 0.1) is 0 Å². The molecule has 0 unspecified atom stereocenters. The molecule has 1 aliphatic carbocycles. The number of carbonyl (C=O) groups excluding carboxylic acids is 2. The van der Waals surface area contributed by atoms with Crippen molar-refractivity contribution in [2.45, 2.75) is 46.0 Å². The number of benzene rings is 1. The number of carbonyl (C=O) groups is 2. The van der Waals surface area contributed by atoms with Crippen LogP contribution in [0.3, 0.4) is 0 Å². The highest BCUT2D eigenvalue weighted by molar-refractivity contribution is 5.95. The molecule has 2 amide bonds. The molecule has 1 saturated carbocycles. The van der Waals surface area contributed by atoms with Gasteiger partial charge in [0, 0.05) is 37.2 Å². The molecule has 130 valence electrons. The highest BCUT2D eigenvalue weighted by Gasteiger charge is 2.34. The number of likely N-dealkylation sites (tertiary alicyclic amines) is 1. The molecule has 1 saturated heterocycles. The number of hydrogen-bond donors (Lipinski definition) is 0. The number of rotatable bonds is 4. The van der Waals surface area contributed by atoms with Gasteiger partial charge >= 0.3 is 0 Å². The van der Waals surface area contributed by atoms with Crippen molar-refractivity contribution in [1.29, 1.82) is 0 Å². The van der Waals surface area contributed by atoms with Crippen molar-refractivity contribution >= 4 is 17.5 Å². The van der Waals surface area contributed by atoms with Crippen molar-refractivity contribution in [1.82, 2.24) is 4.90 Å². The molecule has 1 aromatic carbocycles. The van der Waals surface area contributed by atoms with Gasteiger partial charge < -0.3 is 9.80 Å². The molecule has 0 spiro atoms.